The van der Waals surface area contributed by atoms with Crippen LogP contribution < -0.4 is 16.6 Å². The first kappa shape index (κ1) is 10.1. The number of anilines is 1. The summed E-state index contributed by atoms with van der Waals surface area (Å²) in [5.74, 6) is 4.87. The van der Waals surface area contributed by atoms with E-state index in [1.807, 2.05) is 5.43 Å². The van der Waals surface area contributed by atoms with Gasteiger partial charge in [0.2, 0.25) is 0 Å². The third-order valence-electron chi connectivity index (χ3n) is 1.31. The van der Waals surface area contributed by atoms with Gasteiger partial charge in [0.1, 0.15) is 0 Å². The second-order valence-electron chi connectivity index (χ2n) is 2.23. The molecule has 4 N–H and O–H groups in total. The van der Waals surface area contributed by atoms with Crippen LogP contribution in [0, 0.1) is 0 Å². The van der Waals surface area contributed by atoms with Crippen LogP contribution in [0.2, 0.25) is 10.0 Å². The largest absolute Gasteiger partial charge is 0.333 e. The van der Waals surface area contributed by atoms with Crippen molar-refractivity contribution in [2.45, 2.75) is 0 Å². The maximum absolute atomic E-state index is 10.8. The SMILES string of the molecule is NNC(=O)Nc1ccc(Cl)c(Cl)c1. The van der Waals surface area contributed by atoms with Crippen LogP contribution in [-0.2, 0) is 0 Å². The van der Waals surface area contributed by atoms with Crippen LogP contribution in [0.4, 0.5) is 10.5 Å². The summed E-state index contributed by atoms with van der Waals surface area (Å²) < 4.78 is 0. The Kier molecular flexibility index (Phi) is 3.36. The molecule has 1 rings (SSSR count). The van der Waals surface area contributed by atoms with Crippen molar-refractivity contribution >= 4 is 34.9 Å². The van der Waals surface area contributed by atoms with Gasteiger partial charge in [0.05, 0.1) is 10.0 Å². The lowest BCUT2D eigenvalue weighted by molar-refractivity contribution is 0.252. The summed E-state index contributed by atoms with van der Waals surface area (Å²) in [6, 6.07) is 4.21. The molecule has 13 heavy (non-hydrogen) atoms. The van der Waals surface area contributed by atoms with Crippen LogP contribution in [0.15, 0.2) is 18.2 Å². The second-order valence-corrected chi connectivity index (χ2v) is 3.04. The van der Waals surface area contributed by atoms with E-state index >= 15 is 0 Å². The number of benzene rings is 1. The minimum absolute atomic E-state index is 0.372. The maximum atomic E-state index is 10.8. The van der Waals surface area contributed by atoms with E-state index in [2.05, 4.69) is 5.32 Å². The number of hydrogen-bond acceptors (Lipinski definition) is 2. The van der Waals surface area contributed by atoms with Gasteiger partial charge in [-0.05, 0) is 18.2 Å². The molecule has 0 aliphatic heterocycles. The standard InChI is InChI=1S/C7H7Cl2N3O/c8-5-2-1-4(3-6(5)9)11-7(13)12-10/h1-3H,10H2,(H2,11,12,13). The Balaban J connectivity index is 2.79. The van der Waals surface area contributed by atoms with Crippen LogP contribution in [0.1, 0.15) is 0 Å². The molecule has 0 aliphatic carbocycles. The number of amides is 2. The Morgan fingerprint density at radius 2 is 2.00 bits per heavy atom. The summed E-state index contributed by atoms with van der Waals surface area (Å²) in [5, 5.41) is 3.24. The highest BCUT2D eigenvalue weighted by atomic mass is 35.5. The Morgan fingerprint density at radius 3 is 2.54 bits per heavy atom. The highest BCUT2D eigenvalue weighted by molar-refractivity contribution is 6.42. The molecule has 0 unspecified atom stereocenters. The van der Waals surface area contributed by atoms with E-state index in [0.29, 0.717) is 15.7 Å². The first-order valence-corrected chi connectivity index (χ1v) is 4.11. The van der Waals surface area contributed by atoms with E-state index in [4.69, 9.17) is 29.0 Å². The van der Waals surface area contributed by atoms with Crippen molar-refractivity contribution < 1.29 is 4.79 Å². The van der Waals surface area contributed by atoms with Gasteiger partial charge in [-0.1, -0.05) is 23.2 Å². The summed E-state index contributed by atoms with van der Waals surface area (Å²) in [6.45, 7) is 0. The van der Waals surface area contributed by atoms with E-state index in [1.54, 1.807) is 12.1 Å². The van der Waals surface area contributed by atoms with Gasteiger partial charge in [0, 0.05) is 5.69 Å². The highest BCUT2D eigenvalue weighted by Crippen LogP contribution is 2.24. The Bertz CT molecular complexity index is 330. The van der Waals surface area contributed by atoms with Gasteiger partial charge in [-0.25, -0.2) is 10.6 Å². The molecule has 0 atom stereocenters. The summed E-state index contributed by atoms with van der Waals surface area (Å²) >= 11 is 11.4. The number of hydrogen-bond donors (Lipinski definition) is 3. The van der Waals surface area contributed by atoms with Crippen molar-refractivity contribution in [3.05, 3.63) is 28.2 Å². The summed E-state index contributed by atoms with van der Waals surface area (Å²) in [7, 11) is 0. The van der Waals surface area contributed by atoms with Crippen LogP contribution in [0.25, 0.3) is 0 Å². The zero-order valence-electron chi connectivity index (χ0n) is 6.47. The van der Waals surface area contributed by atoms with Crippen LogP contribution in [0.3, 0.4) is 0 Å². The molecule has 0 aliphatic rings. The number of carbonyl (C=O) groups is 1. The fourth-order valence-electron chi connectivity index (χ4n) is 0.741. The molecule has 4 nitrogen and oxygen atoms in total. The average Bonchev–Trinajstić information content (AvgIpc) is 2.11. The normalized spacial score (nSPS) is 9.46. The molecule has 0 heterocycles. The van der Waals surface area contributed by atoms with Crippen LogP contribution in [-0.4, -0.2) is 6.03 Å². The number of nitrogens with two attached hydrogens (primary N) is 1. The van der Waals surface area contributed by atoms with E-state index < -0.39 is 6.03 Å². The zero-order chi connectivity index (χ0) is 9.84. The van der Waals surface area contributed by atoms with E-state index in [-0.39, 0.29) is 0 Å². The lowest BCUT2D eigenvalue weighted by atomic mass is 10.3. The molecule has 2 amide bonds. The molecular formula is C7H7Cl2N3O. The second kappa shape index (κ2) is 4.32. The van der Waals surface area contributed by atoms with Crippen molar-refractivity contribution in [2.24, 2.45) is 5.84 Å². The molecule has 0 saturated heterocycles. The number of urea groups is 1. The monoisotopic (exact) mass is 219 g/mol. The fourth-order valence-corrected chi connectivity index (χ4v) is 1.04. The fraction of sp³-hybridized carbons (Fsp3) is 0. The number of nitrogens with one attached hydrogen (secondary N) is 2. The van der Waals surface area contributed by atoms with Crippen molar-refractivity contribution in [3.63, 3.8) is 0 Å². The number of carbonyl (C=O) groups excluding carboxylic acids is 1. The molecule has 0 bridgehead atoms. The lowest BCUT2D eigenvalue weighted by Gasteiger charge is -2.04. The van der Waals surface area contributed by atoms with Crippen molar-refractivity contribution in [3.8, 4) is 0 Å². The molecule has 6 heteroatoms. The smallest absolute Gasteiger partial charge is 0.307 e. The summed E-state index contributed by atoms with van der Waals surface area (Å²) in [4.78, 5) is 10.8. The van der Waals surface area contributed by atoms with Crippen molar-refractivity contribution in [2.75, 3.05) is 5.32 Å². The number of halogens is 2. The third kappa shape index (κ3) is 2.77. The van der Waals surface area contributed by atoms with Crippen LogP contribution in [0.5, 0.6) is 0 Å². The first-order chi connectivity index (χ1) is 6.13. The van der Waals surface area contributed by atoms with Gasteiger partial charge >= 0.3 is 6.03 Å². The van der Waals surface area contributed by atoms with Gasteiger partial charge in [-0.3, -0.25) is 5.43 Å². The van der Waals surface area contributed by atoms with E-state index in [9.17, 15) is 4.79 Å². The zero-order valence-corrected chi connectivity index (χ0v) is 7.99. The molecule has 0 radical (unpaired) electrons. The predicted molar refractivity (Wildman–Crippen MR) is 52.8 cm³/mol. The maximum Gasteiger partial charge on any atom is 0.333 e. The minimum Gasteiger partial charge on any atom is -0.307 e. The van der Waals surface area contributed by atoms with Crippen molar-refractivity contribution in [1.29, 1.82) is 0 Å². The molecule has 1 aromatic carbocycles. The molecule has 0 fully saturated rings. The molecule has 70 valence electrons. The number of rotatable bonds is 1. The average molecular weight is 220 g/mol. The van der Waals surface area contributed by atoms with Crippen molar-refractivity contribution in [1.82, 2.24) is 5.43 Å². The highest BCUT2D eigenvalue weighted by Gasteiger charge is 2.01. The van der Waals surface area contributed by atoms with Gasteiger partial charge in [-0.2, -0.15) is 0 Å². The van der Waals surface area contributed by atoms with E-state index in [0.717, 1.165) is 0 Å². The van der Waals surface area contributed by atoms with Gasteiger partial charge in [0.15, 0.2) is 0 Å². The first-order valence-electron chi connectivity index (χ1n) is 3.36. The number of hydrazine groups is 1. The Labute approximate surface area is 85.0 Å². The molecule has 0 aromatic heterocycles. The van der Waals surface area contributed by atoms with Crippen LogP contribution >= 0.6 is 23.2 Å². The lowest BCUT2D eigenvalue weighted by Crippen LogP contribution is -2.34. The predicted octanol–water partition coefficient (Wildman–Crippen LogP) is 1.99. The molecule has 0 saturated carbocycles. The van der Waals surface area contributed by atoms with Gasteiger partial charge in [-0.15, -0.1) is 0 Å². The van der Waals surface area contributed by atoms with Gasteiger partial charge in [0.25, 0.3) is 0 Å². The molecule has 0 spiro atoms. The molecular weight excluding hydrogens is 213 g/mol. The Hall–Kier alpha value is -0.970. The summed E-state index contributed by atoms with van der Waals surface area (Å²) in [5.41, 5.74) is 2.45. The summed E-state index contributed by atoms with van der Waals surface area (Å²) in [6.07, 6.45) is 0. The van der Waals surface area contributed by atoms with Gasteiger partial charge < -0.3 is 5.32 Å². The Morgan fingerprint density at radius 1 is 1.31 bits per heavy atom. The quantitative estimate of drug-likeness (QED) is 0.385. The third-order valence-corrected chi connectivity index (χ3v) is 2.05. The topological polar surface area (TPSA) is 67.1 Å². The minimum atomic E-state index is -0.515. The molecule has 1 aromatic rings. The van der Waals surface area contributed by atoms with E-state index in [1.165, 1.54) is 6.07 Å².